The first kappa shape index (κ1) is 15.0. The van der Waals surface area contributed by atoms with Crippen molar-refractivity contribution in [3.05, 3.63) is 32.9 Å². The monoisotopic (exact) mass is 397 g/mol. The van der Waals surface area contributed by atoms with Crippen LogP contribution in [0.1, 0.15) is 48.0 Å². The lowest BCUT2D eigenvalue weighted by molar-refractivity contribution is -0.121. The molecular weight excluding hydrogens is 377 g/mol. The van der Waals surface area contributed by atoms with E-state index in [1.165, 1.54) is 0 Å². The van der Waals surface area contributed by atoms with Gasteiger partial charge in [-0.25, -0.2) is 0 Å². The molecular formula is C17H20INO2. The third-order valence-corrected chi connectivity index (χ3v) is 6.23. The van der Waals surface area contributed by atoms with Crippen LogP contribution in [0.3, 0.4) is 0 Å². The molecule has 0 aromatic heterocycles. The highest BCUT2D eigenvalue weighted by Gasteiger charge is 2.40. The van der Waals surface area contributed by atoms with Crippen LogP contribution in [0.25, 0.3) is 0 Å². The molecule has 0 radical (unpaired) electrons. The van der Waals surface area contributed by atoms with Gasteiger partial charge in [0.1, 0.15) is 5.78 Å². The third-order valence-electron chi connectivity index (χ3n) is 4.80. The first-order chi connectivity index (χ1) is 10.1. The number of nitrogens with zero attached hydrogens (tertiary/aromatic N) is 1. The Hall–Kier alpha value is -0.910. The number of hydrogen-bond donors (Lipinski definition) is 0. The van der Waals surface area contributed by atoms with Crippen molar-refractivity contribution in [1.82, 2.24) is 4.90 Å². The first-order valence-electron chi connectivity index (χ1n) is 7.68. The molecule has 4 heteroatoms. The average molecular weight is 397 g/mol. The fraction of sp³-hybridized carbons (Fsp3) is 0.529. The highest BCUT2D eigenvalue weighted by Crippen LogP contribution is 2.34. The normalized spacial score (nSPS) is 25.6. The molecule has 2 unspecified atom stereocenters. The summed E-state index contributed by atoms with van der Waals surface area (Å²) >= 11 is 2.25. The van der Waals surface area contributed by atoms with Gasteiger partial charge in [0.25, 0.3) is 5.91 Å². The summed E-state index contributed by atoms with van der Waals surface area (Å²) in [6.07, 6.45) is 4.64. The number of carbonyl (C=O) groups excluding carboxylic acids is 2. The maximum absolute atomic E-state index is 12.9. The Morgan fingerprint density at radius 1 is 1.29 bits per heavy atom. The van der Waals surface area contributed by atoms with E-state index in [-0.39, 0.29) is 17.9 Å². The van der Waals surface area contributed by atoms with E-state index in [9.17, 15) is 9.59 Å². The van der Waals surface area contributed by atoms with Gasteiger partial charge in [0, 0.05) is 28.5 Å². The molecule has 0 N–H and O–H groups in total. The Bertz CT molecular complexity index is 584. The van der Waals surface area contributed by atoms with Crippen LogP contribution in [-0.2, 0) is 4.79 Å². The van der Waals surface area contributed by atoms with Crippen LogP contribution in [0.2, 0.25) is 0 Å². The van der Waals surface area contributed by atoms with Gasteiger partial charge in [-0.3, -0.25) is 9.59 Å². The van der Waals surface area contributed by atoms with Crippen molar-refractivity contribution < 1.29 is 9.59 Å². The zero-order chi connectivity index (χ0) is 15.0. The number of Topliss-reactive ketones (excluding diaryl/α,β-unsaturated/α-hetero) is 1. The van der Waals surface area contributed by atoms with E-state index in [0.29, 0.717) is 12.2 Å². The van der Waals surface area contributed by atoms with Gasteiger partial charge < -0.3 is 4.90 Å². The van der Waals surface area contributed by atoms with E-state index >= 15 is 0 Å². The van der Waals surface area contributed by atoms with Crippen molar-refractivity contribution in [2.45, 2.75) is 45.1 Å². The van der Waals surface area contributed by atoms with E-state index in [0.717, 1.165) is 46.9 Å². The van der Waals surface area contributed by atoms with Gasteiger partial charge in [0.15, 0.2) is 0 Å². The molecule has 1 saturated heterocycles. The Labute approximate surface area is 139 Å². The number of halogens is 1. The molecule has 1 amide bonds. The minimum absolute atomic E-state index is 0.0823. The topological polar surface area (TPSA) is 37.4 Å². The summed E-state index contributed by atoms with van der Waals surface area (Å²) < 4.78 is 1.03. The van der Waals surface area contributed by atoms with Crippen LogP contribution < -0.4 is 0 Å². The largest absolute Gasteiger partial charge is 0.335 e. The number of likely N-dealkylation sites (tertiary alicyclic amines) is 1. The van der Waals surface area contributed by atoms with Gasteiger partial charge in [-0.1, -0.05) is 12.1 Å². The van der Waals surface area contributed by atoms with Gasteiger partial charge in [-0.15, -0.1) is 0 Å². The maximum atomic E-state index is 12.9. The summed E-state index contributed by atoms with van der Waals surface area (Å²) in [5.41, 5.74) is 1.92. The molecule has 2 fully saturated rings. The number of ketones is 1. The molecule has 2 aliphatic rings. The van der Waals surface area contributed by atoms with Crippen LogP contribution in [0.15, 0.2) is 18.2 Å². The number of carbonyl (C=O) groups is 2. The lowest BCUT2D eigenvalue weighted by Gasteiger charge is -2.29. The first-order valence-corrected chi connectivity index (χ1v) is 8.76. The second-order valence-corrected chi connectivity index (χ2v) is 7.19. The summed E-state index contributed by atoms with van der Waals surface area (Å²) in [4.78, 5) is 26.9. The lowest BCUT2D eigenvalue weighted by atomic mass is 9.94. The SMILES string of the molecule is Cc1cccc(C(=O)N2CCCC2C2CCCC2=O)c1I. The molecule has 3 rings (SSSR count). The van der Waals surface area contributed by atoms with Crippen molar-refractivity contribution in [2.75, 3.05) is 6.54 Å². The van der Waals surface area contributed by atoms with Crippen molar-refractivity contribution in [3.63, 3.8) is 0 Å². The predicted octanol–water partition coefficient (Wildman–Crippen LogP) is 3.57. The van der Waals surface area contributed by atoms with Crippen LogP contribution in [0, 0.1) is 16.4 Å². The van der Waals surface area contributed by atoms with E-state index in [1.807, 2.05) is 30.0 Å². The van der Waals surface area contributed by atoms with Crippen molar-refractivity contribution in [2.24, 2.45) is 5.92 Å². The molecule has 1 aliphatic carbocycles. The molecule has 1 aliphatic heterocycles. The highest BCUT2D eigenvalue weighted by atomic mass is 127. The number of rotatable bonds is 2. The van der Waals surface area contributed by atoms with E-state index < -0.39 is 0 Å². The fourth-order valence-corrected chi connectivity index (χ4v) is 4.27. The number of amides is 1. The average Bonchev–Trinajstić information content (AvgIpc) is 3.09. The summed E-state index contributed by atoms with van der Waals surface area (Å²) in [7, 11) is 0. The van der Waals surface area contributed by atoms with Crippen LogP contribution in [0.5, 0.6) is 0 Å². The van der Waals surface area contributed by atoms with Gasteiger partial charge in [0.2, 0.25) is 0 Å². The zero-order valence-corrected chi connectivity index (χ0v) is 14.4. The summed E-state index contributed by atoms with van der Waals surface area (Å²) in [6, 6.07) is 6.00. The second kappa shape index (κ2) is 6.07. The quantitative estimate of drug-likeness (QED) is 0.716. The van der Waals surface area contributed by atoms with E-state index in [4.69, 9.17) is 0 Å². The molecule has 2 atom stereocenters. The Morgan fingerprint density at radius 2 is 2.10 bits per heavy atom. The Kier molecular flexibility index (Phi) is 4.33. The molecule has 112 valence electrons. The third kappa shape index (κ3) is 2.74. The molecule has 1 heterocycles. The minimum Gasteiger partial charge on any atom is -0.335 e. The van der Waals surface area contributed by atoms with Crippen LogP contribution in [-0.4, -0.2) is 29.2 Å². The molecule has 1 aromatic rings. The van der Waals surface area contributed by atoms with Crippen LogP contribution in [0.4, 0.5) is 0 Å². The maximum Gasteiger partial charge on any atom is 0.255 e. The molecule has 3 nitrogen and oxygen atoms in total. The lowest BCUT2D eigenvalue weighted by Crippen LogP contribution is -2.41. The zero-order valence-electron chi connectivity index (χ0n) is 12.3. The van der Waals surface area contributed by atoms with Gasteiger partial charge in [0.05, 0.1) is 5.56 Å². The Morgan fingerprint density at radius 3 is 2.81 bits per heavy atom. The standard InChI is InChI=1S/C17H20INO2/c1-11-5-2-7-13(16(11)18)17(21)19-10-4-8-14(19)12-6-3-9-15(12)20/h2,5,7,12,14H,3-4,6,8-10H2,1H3. The molecule has 1 aromatic carbocycles. The van der Waals surface area contributed by atoms with Crippen molar-refractivity contribution >= 4 is 34.3 Å². The highest BCUT2D eigenvalue weighted by molar-refractivity contribution is 14.1. The van der Waals surface area contributed by atoms with E-state index in [1.54, 1.807) is 0 Å². The second-order valence-electron chi connectivity index (χ2n) is 6.11. The molecule has 0 spiro atoms. The van der Waals surface area contributed by atoms with Crippen LogP contribution >= 0.6 is 22.6 Å². The smallest absolute Gasteiger partial charge is 0.255 e. The summed E-state index contributed by atoms with van der Waals surface area (Å²) in [5.74, 6) is 0.544. The van der Waals surface area contributed by atoms with Gasteiger partial charge >= 0.3 is 0 Å². The molecule has 21 heavy (non-hydrogen) atoms. The number of benzene rings is 1. The number of hydrogen-bond acceptors (Lipinski definition) is 2. The van der Waals surface area contributed by atoms with Crippen molar-refractivity contribution in [1.29, 1.82) is 0 Å². The van der Waals surface area contributed by atoms with Gasteiger partial charge in [-0.2, -0.15) is 0 Å². The molecule has 0 bridgehead atoms. The summed E-state index contributed by atoms with van der Waals surface area (Å²) in [5, 5.41) is 0. The molecule has 1 saturated carbocycles. The van der Waals surface area contributed by atoms with Crippen molar-refractivity contribution in [3.8, 4) is 0 Å². The fourth-order valence-electron chi connectivity index (χ4n) is 3.68. The van der Waals surface area contributed by atoms with Gasteiger partial charge in [-0.05, 0) is 66.8 Å². The summed E-state index contributed by atoms with van der Waals surface area (Å²) in [6.45, 7) is 2.82. The Balaban J connectivity index is 1.86. The minimum atomic E-state index is 0.0823. The number of aryl methyl sites for hydroxylation is 1. The predicted molar refractivity (Wildman–Crippen MR) is 90.3 cm³/mol. The van der Waals surface area contributed by atoms with E-state index in [2.05, 4.69) is 22.6 Å².